The van der Waals surface area contributed by atoms with Crippen molar-refractivity contribution in [1.29, 1.82) is 0 Å². The summed E-state index contributed by atoms with van der Waals surface area (Å²) >= 11 is 0. The second kappa shape index (κ2) is 49.9. The number of carbonyl (C=O) groups is 3. The van der Waals surface area contributed by atoms with Crippen LogP contribution in [0.5, 0.6) is 0 Å². The molecule has 92 heavy (non-hydrogen) atoms. The number of allylic oxidation sites excluding steroid dienone is 2. The van der Waals surface area contributed by atoms with Crippen LogP contribution in [0, 0.1) is 0 Å². The lowest BCUT2D eigenvalue weighted by Crippen LogP contribution is -2.70. The van der Waals surface area contributed by atoms with E-state index in [0.717, 1.165) is 64.7 Å². The maximum atomic E-state index is 13.5. The summed E-state index contributed by atoms with van der Waals surface area (Å²) in [5.74, 6) is -6.10. The molecule has 3 aliphatic heterocycles. The molecular formula is C69H128N2O21. The highest BCUT2D eigenvalue weighted by Gasteiger charge is 2.60. The normalized spacial score (nSPS) is 28.3. The minimum Gasteiger partial charge on any atom is -0.477 e. The zero-order chi connectivity index (χ0) is 67.5. The molecule has 23 nitrogen and oxygen atoms in total. The highest BCUT2D eigenvalue weighted by atomic mass is 16.8. The first-order chi connectivity index (χ1) is 44.4. The van der Waals surface area contributed by atoms with Gasteiger partial charge in [-0.15, -0.1) is 0 Å². The SMILES string of the molecule is CCCCCCCCCCCCCC/C=C\CCCCCCCCCCC(=O)NC(COC1OC(CO)C(OC2OC(CO)C(O)C(OC3(C(=O)O)CC(O)C(NC(C)=O)C(C(O)C(O)CO)O3)C2O)C(O)C1O)C(O)CCCCCCCCCCCCCCCC. The standard InChI is InChI=1S/C69H128N2O21/c1-4-6-8-10-12-14-16-18-20-21-22-23-24-25-26-27-28-29-31-33-35-37-39-41-43-56(79)71-50(51(76)42-40-38-36-34-32-30-19-17-15-13-11-9-7-5-2)48-87-66-61(83)60(82)63(55(47-74)89-66)90-67-62(84)65(59(81)54(46-73)88-67)92-69(68(85)86)44-52(77)57(70-49(3)75)64(91-69)58(80)53(78)45-72/h25-26,50-55,57-67,72-74,76-78,80-84H,4-24,27-48H2,1-3H3,(H,70,75)(H,71,79)(H,85,86)/b26-25-. The predicted molar refractivity (Wildman–Crippen MR) is 348 cm³/mol. The quantitative estimate of drug-likeness (QED) is 0.0214. The number of aliphatic hydroxyl groups excluding tert-OH is 11. The highest BCUT2D eigenvalue weighted by molar-refractivity contribution is 5.77. The third-order valence-corrected chi connectivity index (χ3v) is 18.5. The molecule has 23 heteroatoms. The maximum Gasteiger partial charge on any atom is 0.364 e. The summed E-state index contributed by atoms with van der Waals surface area (Å²) < 4.78 is 34.9. The van der Waals surface area contributed by atoms with Crippen molar-refractivity contribution in [1.82, 2.24) is 10.6 Å². The van der Waals surface area contributed by atoms with Gasteiger partial charge in [0.2, 0.25) is 11.8 Å². The molecule has 3 rings (SSSR count). The van der Waals surface area contributed by atoms with E-state index in [4.69, 9.17) is 28.4 Å². The van der Waals surface area contributed by atoms with Gasteiger partial charge >= 0.3 is 5.97 Å². The van der Waals surface area contributed by atoms with Gasteiger partial charge in [-0.2, -0.15) is 0 Å². The summed E-state index contributed by atoms with van der Waals surface area (Å²) in [5, 5.41) is 136. The van der Waals surface area contributed by atoms with Crippen molar-refractivity contribution in [2.45, 2.75) is 381 Å². The Morgan fingerprint density at radius 3 is 1.47 bits per heavy atom. The monoisotopic (exact) mass is 1320 g/mol. The summed E-state index contributed by atoms with van der Waals surface area (Å²) in [5.41, 5.74) is 0. The van der Waals surface area contributed by atoms with Gasteiger partial charge in [-0.3, -0.25) is 9.59 Å². The molecule has 2 amide bonds. The van der Waals surface area contributed by atoms with Gasteiger partial charge in [-0.1, -0.05) is 225 Å². The lowest BCUT2D eigenvalue weighted by atomic mass is 9.88. The summed E-state index contributed by atoms with van der Waals surface area (Å²) in [7, 11) is 0. The number of rotatable bonds is 55. The Balaban J connectivity index is 1.55. The number of carboxylic acid groups (broad SMARTS) is 1. The maximum absolute atomic E-state index is 13.5. The molecule has 0 saturated carbocycles. The number of aliphatic hydroxyl groups is 11. The van der Waals surface area contributed by atoms with Gasteiger partial charge in [-0.05, 0) is 38.5 Å². The summed E-state index contributed by atoms with van der Waals surface area (Å²) in [6.07, 6.45) is 19.3. The number of carbonyl (C=O) groups excluding carboxylic acids is 2. The largest absolute Gasteiger partial charge is 0.477 e. The Labute approximate surface area is 550 Å². The molecule has 0 aromatic rings. The minimum atomic E-state index is -3.08. The third-order valence-electron chi connectivity index (χ3n) is 18.5. The second-order valence-electron chi connectivity index (χ2n) is 26.5. The van der Waals surface area contributed by atoms with Crippen molar-refractivity contribution < 1.29 is 104 Å². The van der Waals surface area contributed by atoms with Crippen LogP contribution in [-0.4, -0.2) is 215 Å². The number of unbranched alkanes of at least 4 members (excludes halogenated alkanes) is 33. The average Bonchev–Trinajstić information content (AvgIpc) is 0.768. The zero-order valence-corrected chi connectivity index (χ0v) is 56.4. The van der Waals surface area contributed by atoms with Gasteiger partial charge in [0, 0.05) is 19.8 Å². The molecule has 0 aromatic carbocycles. The fourth-order valence-electron chi connectivity index (χ4n) is 12.7. The molecule has 0 radical (unpaired) electrons. The Hall–Kier alpha value is -2.53. The van der Waals surface area contributed by atoms with Crippen LogP contribution in [0.2, 0.25) is 0 Å². The highest BCUT2D eigenvalue weighted by Crippen LogP contribution is 2.39. The lowest BCUT2D eigenvalue weighted by Gasteiger charge is -2.50. The van der Waals surface area contributed by atoms with Gasteiger partial charge in [0.25, 0.3) is 5.79 Å². The van der Waals surface area contributed by atoms with Crippen molar-refractivity contribution in [2.75, 3.05) is 26.4 Å². The number of carboxylic acids is 1. The first-order valence-corrected chi connectivity index (χ1v) is 36.0. The molecule has 14 N–H and O–H groups in total. The van der Waals surface area contributed by atoms with Crippen LogP contribution < -0.4 is 10.6 Å². The molecule has 3 aliphatic rings. The van der Waals surface area contributed by atoms with Crippen molar-refractivity contribution in [2.24, 2.45) is 0 Å². The molecule has 0 spiro atoms. The van der Waals surface area contributed by atoms with E-state index in [-0.39, 0.29) is 18.9 Å². The Bertz CT molecular complexity index is 1910. The zero-order valence-electron chi connectivity index (χ0n) is 56.4. The first kappa shape index (κ1) is 83.7. The number of hydrogen-bond acceptors (Lipinski definition) is 20. The van der Waals surface area contributed by atoms with E-state index < -0.39 is 148 Å². The molecular weight excluding hydrogens is 1190 g/mol. The van der Waals surface area contributed by atoms with E-state index in [1.165, 1.54) is 161 Å². The van der Waals surface area contributed by atoms with E-state index in [1.54, 1.807) is 0 Å². The lowest BCUT2D eigenvalue weighted by molar-refractivity contribution is -0.386. The van der Waals surface area contributed by atoms with Crippen LogP contribution >= 0.6 is 0 Å². The molecule has 0 aromatic heterocycles. The van der Waals surface area contributed by atoms with E-state index in [1.807, 2.05) is 0 Å². The molecule has 3 heterocycles. The number of aliphatic carboxylic acids is 1. The number of hydrogen-bond donors (Lipinski definition) is 14. The summed E-state index contributed by atoms with van der Waals surface area (Å²) in [6, 6.07) is -2.53. The van der Waals surface area contributed by atoms with E-state index in [2.05, 4.69) is 36.6 Å². The molecule has 3 saturated heterocycles. The van der Waals surface area contributed by atoms with Gasteiger partial charge in [0.1, 0.15) is 67.1 Å². The number of ether oxygens (including phenoxy) is 6. The van der Waals surface area contributed by atoms with Gasteiger partial charge in [0.15, 0.2) is 12.6 Å². The van der Waals surface area contributed by atoms with Crippen molar-refractivity contribution in [3.05, 3.63) is 12.2 Å². The van der Waals surface area contributed by atoms with Crippen LogP contribution in [0.4, 0.5) is 0 Å². The Morgan fingerprint density at radius 2 is 1.01 bits per heavy atom. The van der Waals surface area contributed by atoms with Gasteiger partial charge < -0.3 is 100 Å². The summed E-state index contributed by atoms with van der Waals surface area (Å²) in [4.78, 5) is 38.6. The van der Waals surface area contributed by atoms with Crippen molar-refractivity contribution >= 4 is 17.8 Å². The number of nitrogens with one attached hydrogen (secondary N) is 2. The van der Waals surface area contributed by atoms with Crippen LogP contribution in [0.3, 0.4) is 0 Å². The second-order valence-corrected chi connectivity index (χ2v) is 26.5. The molecule has 540 valence electrons. The molecule has 18 atom stereocenters. The van der Waals surface area contributed by atoms with Crippen LogP contribution in [0.15, 0.2) is 12.2 Å². The van der Waals surface area contributed by atoms with Crippen LogP contribution in [0.25, 0.3) is 0 Å². The predicted octanol–water partition coefficient (Wildman–Crippen LogP) is 7.07. The summed E-state index contributed by atoms with van der Waals surface area (Å²) in [6.45, 7) is 2.21. The minimum absolute atomic E-state index is 0.222. The van der Waals surface area contributed by atoms with Crippen molar-refractivity contribution in [3.63, 3.8) is 0 Å². The molecule has 0 bridgehead atoms. The Kier molecular flexibility index (Phi) is 45.4. The van der Waals surface area contributed by atoms with Crippen LogP contribution in [-0.2, 0) is 42.8 Å². The molecule has 0 aliphatic carbocycles. The van der Waals surface area contributed by atoms with Gasteiger partial charge in [0.05, 0.1) is 50.7 Å². The van der Waals surface area contributed by atoms with E-state index in [0.29, 0.717) is 19.3 Å². The van der Waals surface area contributed by atoms with Crippen LogP contribution in [0.1, 0.15) is 271 Å². The Morgan fingerprint density at radius 1 is 0.554 bits per heavy atom. The fraction of sp³-hybridized carbons (Fsp3) is 0.928. The first-order valence-electron chi connectivity index (χ1n) is 36.0. The van der Waals surface area contributed by atoms with Gasteiger partial charge in [-0.25, -0.2) is 4.79 Å². The van der Waals surface area contributed by atoms with Crippen molar-refractivity contribution in [3.8, 4) is 0 Å². The molecule has 18 unspecified atom stereocenters. The molecule has 3 fully saturated rings. The number of amides is 2. The average molecular weight is 1320 g/mol. The topological polar surface area (TPSA) is 373 Å². The van der Waals surface area contributed by atoms with E-state index >= 15 is 0 Å². The fourth-order valence-corrected chi connectivity index (χ4v) is 12.7. The third kappa shape index (κ3) is 31.8. The smallest absolute Gasteiger partial charge is 0.364 e. The van der Waals surface area contributed by atoms with E-state index in [9.17, 15) is 75.7 Å².